The smallest absolute Gasteiger partial charge is 0.178 e. The molecule has 0 amide bonds. The van der Waals surface area contributed by atoms with Gasteiger partial charge in [-0.1, -0.05) is 17.2 Å². The summed E-state index contributed by atoms with van der Waals surface area (Å²) in [7, 11) is 0. The first-order chi connectivity index (χ1) is 7.76. The molecule has 0 aromatic carbocycles. The second kappa shape index (κ2) is 7.23. The quantitative estimate of drug-likeness (QED) is 0.542. The molecule has 0 saturated heterocycles. The molecule has 1 N–H and O–H groups in total. The van der Waals surface area contributed by atoms with Crippen molar-refractivity contribution in [2.24, 2.45) is 0 Å². The van der Waals surface area contributed by atoms with Gasteiger partial charge in [0.15, 0.2) is 5.78 Å². The van der Waals surface area contributed by atoms with Crippen LogP contribution in [-0.2, 0) is 4.79 Å². The van der Waals surface area contributed by atoms with Crippen molar-refractivity contribution in [2.75, 3.05) is 0 Å². The van der Waals surface area contributed by atoms with Crippen molar-refractivity contribution < 1.29 is 9.90 Å². The van der Waals surface area contributed by atoms with Crippen LogP contribution in [0, 0.1) is 0 Å². The molecule has 0 rings (SSSR count). The van der Waals surface area contributed by atoms with Gasteiger partial charge in [0.05, 0.1) is 5.60 Å². The maximum atomic E-state index is 11.5. The Labute approximate surface area is 105 Å². The average molecular weight is 236 g/mol. The first-order valence-corrected chi connectivity index (χ1v) is 5.99. The second-order valence-corrected chi connectivity index (χ2v) is 5.03. The maximum Gasteiger partial charge on any atom is 0.178 e. The first kappa shape index (κ1) is 15.9. The van der Waals surface area contributed by atoms with E-state index in [0.717, 1.165) is 24.0 Å². The molecule has 0 aliphatic rings. The summed E-state index contributed by atoms with van der Waals surface area (Å²) in [6, 6.07) is 0. The Balaban J connectivity index is 4.15. The predicted octanol–water partition coefficient (Wildman–Crippen LogP) is 3.58. The molecule has 0 spiro atoms. The third-order valence-electron chi connectivity index (χ3n) is 2.51. The number of allylic oxidation sites excluding steroid dienone is 4. The molecule has 1 atom stereocenters. The molecule has 0 aromatic rings. The number of ketones is 1. The van der Waals surface area contributed by atoms with E-state index in [1.807, 2.05) is 20.8 Å². The molecule has 0 bridgehead atoms. The van der Waals surface area contributed by atoms with Crippen molar-refractivity contribution in [2.45, 2.75) is 52.6 Å². The average Bonchev–Trinajstić information content (AvgIpc) is 2.15. The van der Waals surface area contributed by atoms with Gasteiger partial charge >= 0.3 is 0 Å². The van der Waals surface area contributed by atoms with Gasteiger partial charge in [0.1, 0.15) is 0 Å². The summed E-state index contributed by atoms with van der Waals surface area (Å²) < 4.78 is 0. The summed E-state index contributed by atoms with van der Waals surface area (Å²) in [6.45, 7) is 11.1. The van der Waals surface area contributed by atoms with Crippen LogP contribution >= 0.6 is 0 Å². The molecule has 0 aromatic heterocycles. The number of carbonyl (C=O) groups excluding carboxylic acids is 1. The fourth-order valence-electron chi connectivity index (χ4n) is 1.47. The third-order valence-corrected chi connectivity index (χ3v) is 2.51. The van der Waals surface area contributed by atoms with Gasteiger partial charge in [-0.15, -0.1) is 6.58 Å². The lowest BCUT2D eigenvalue weighted by atomic mass is 9.97. The van der Waals surface area contributed by atoms with E-state index in [4.69, 9.17) is 0 Å². The summed E-state index contributed by atoms with van der Waals surface area (Å²) in [6.07, 6.45) is 7.19. The minimum absolute atomic E-state index is 0.0398. The zero-order chi connectivity index (χ0) is 13.5. The Morgan fingerprint density at radius 1 is 1.29 bits per heavy atom. The SMILES string of the molecule is C=CC(C)(O)CCCC(C)=CC(=O)C=C(C)C. The van der Waals surface area contributed by atoms with E-state index in [9.17, 15) is 9.90 Å². The lowest BCUT2D eigenvalue weighted by Crippen LogP contribution is -2.19. The van der Waals surface area contributed by atoms with Crippen molar-refractivity contribution in [3.63, 3.8) is 0 Å². The largest absolute Gasteiger partial charge is 0.386 e. The van der Waals surface area contributed by atoms with Crippen LogP contribution in [0.1, 0.15) is 47.0 Å². The van der Waals surface area contributed by atoms with Crippen molar-refractivity contribution in [1.82, 2.24) is 0 Å². The van der Waals surface area contributed by atoms with Crippen LogP contribution < -0.4 is 0 Å². The van der Waals surface area contributed by atoms with Crippen LogP contribution in [-0.4, -0.2) is 16.5 Å². The van der Waals surface area contributed by atoms with Crippen molar-refractivity contribution in [1.29, 1.82) is 0 Å². The topological polar surface area (TPSA) is 37.3 Å². The second-order valence-electron chi connectivity index (χ2n) is 5.03. The lowest BCUT2D eigenvalue weighted by Gasteiger charge is -2.17. The van der Waals surface area contributed by atoms with Crippen LogP contribution in [0.4, 0.5) is 0 Å². The number of hydrogen-bond acceptors (Lipinski definition) is 2. The van der Waals surface area contributed by atoms with E-state index in [-0.39, 0.29) is 5.78 Å². The van der Waals surface area contributed by atoms with Crippen LogP contribution in [0.15, 0.2) is 36.0 Å². The number of hydrogen-bond donors (Lipinski definition) is 1. The van der Waals surface area contributed by atoms with Crippen molar-refractivity contribution >= 4 is 5.78 Å². The van der Waals surface area contributed by atoms with Crippen LogP contribution in [0.2, 0.25) is 0 Å². The van der Waals surface area contributed by atoms with Crippen LogP contribution in [0.25, 0.3) is 0 Å². The first-order valence-electron chi connectivity index (χ1n) is 5.99. The molecule has 0 saturated carbocycles. The number of carbonyl (C=O) groups is 1. The van der Waals surface area contributed by atoms with E-state index >= 15 is 0 Å². The van der Waals surface area contributed by atoms with E-state index in [2.05, 4.69) is 6.58 Å². The summed E-state index contributed by atoms with van der Waals surface area (Å²) in [4.78, 5) is 11.5. The molecule has 0 fully saturated rings. The van der Waals surface area contributed by atoms with Crippen molar-refractivity contribution in [3.05, 3.63) is 36.0 Å². The van der Waals surface area contributed by atoms with Gasteiger partial charge < -0.3 is 5.11 Å². The van der Waals surface area contributed by atoms with E-state index < -0.39 is 5.60 Å². The van der Waals surface area contributed by atoms with Gasteiger partial charge in [0.25, 0.3) is 0 Å². The zero-order valence-corrected chi connectivity index (χ0v) is 11.4. The zero-order valence-electron chi connectivity index (χ0n) is 11.4. The molecular weight excluding hydrogens is 212 g/mol. The number of aliphatic hydroxyl groups is 1. The number of rotatable bonds is 7. The minimum Gasteiger partial charge on any atom is -0.386 e. The highest BCUT2D eigenvalue weighted by molar-refractivity contribution is 5.99. The normalized spacial score (nSPS) is 15.0. The highest BCUT2D eigenvalue weighted by Crippen LogP contribution is 2.17. The van der Waals surface area contributed by atoms with Gasteiger partial charge in [0.2, 0.25) is 0 Å². The van der Waals surface area contributed by atoms with Crippen LogP contribution in [0.3, 0.4) is 0 Å². The van der Waals surface area contributed by atoms with Gasteiger partial charge in [-0.05, 0) is 59.1 Å². The van der Waals surface area contributed by atoms with E-state index in [1.165, 1.54) is 0 Å². The molecule has 0 heterocycles. The molecule has 1 unspecified atom stereocenters. The molecule has 96 valence electrons. The Bertz CT molecular complexity index is 329. The summed E-state index contributed by atoms with van der Waals surface area (Å²) >= 11 is 0. The molecule has 17 heavy (non-hydrogen) atoms. The molecule has 0 radical (unpaired) electrons. The molecule has 2 heteroatoms. The fraction of sp³-hybridized carbons (Fsp3) is 0.533. The van der Waals surface area contributed by atoms with E-state index in [0.29, 0.717) is 6.42 Å². The third kappa shape index (κ3) is 8.64. The Morgan fingerprint density at radius 3 is 2.35 bits per heavy atom. The molecule has 2 nitrogen and oxygen atoms in total. The minimum atomic E-state index is -0.801. The van der Waals surface area contributed by atoms with Gasteiger partial charge in [-0.2, -0.15) is 0 Å². The van der Waals surface area contributed by atoms with Crippen molar-refractivity contribution in [3.8, 4) is 0 Å². The highest BCUT2D eigenvalue weighted by atomic mass is 16.3. The molecular formula is C15H24O2. The molecule has 0 aliphatic carbocycles. The Morgan fingerprint density at radius 2 is 1.88 bits per heavy atom. The van der Waals surface area contributed by atoms with Gasteiger partial charge in [-0.3, -0.25) is 4.79 Å². The Kier molecular flexibility index (Phi) is 6.74. The lowest BCUT2D eigenvalue weighted by molar-refractivity contribution is -0.110. The summed E-state index contributed by atoms with van der Waals surface area (Å²) in [5.41, 5.74) is 1.26. The maximum absolute atomic E-state index is 11.5. The summed E-state index contributed by atoms with van der Waals surface area (Å²) in [5.74, 6) is 0.0398. The van der Waals surface area contributed by atoms with Gasteiger partial charge in [0, 0.05) is 0 Å². The van der Waals surface area contributed by atoms with Gasteiger partial charge in [-0.25, -0.2) is 0 Å². The monoisotopic (exact) mass is 236 g/mol. The predicted molar refractivity (Wildman–Crippen MR) is 72.9 cm³/mol. The van der Waals surface area contributed by atoms with E-state index in [1.54, 1.807) is 25.2 Å². The summed E-state index contributed by atoms with van der Waals surface area (Å²) in [5, 5.41) is 9.72. The Hall–Kier alpha value is -1.15. The fourth-order valence-corrected chi connectivity index (χ4v) is 1.47. The highest BCUT2D eigenvalue weighted by Gasteiger charge is 2.13. The molecule has 0 aliphatic heterocycles. The van der Waals surface area contributed by atoms with Crippen LogP contribution in [0.5, 0.6) is 0 Å². The standard InChI is InChI=1S/C15H24O2/c1-6-15(5,17)9-7-8-13(4)11-14(16)10-12(2)3/h6,10-11,17H,1,7-9H2,2-5H3.